The van der Waals surface area contributed by atoms with Crippen molar-refractivity contribution in [3.05, 3.63) is 86.7 Å². The number of methoxy groups -OCH3 is 1. The number of H-pyrrole nitrogens is 1. The van der Waals surface area contributed by atoms with E-state index in [1.807, 2.05) is 55.5 Å². The molecule has 5 rings (SSSR count). The van der Waals surface area contributed by atoms with Crippen LogP contribution in [0.25, 0.3) is 27.9 Å². The van der Waals surface area contributed by atoms with Crippen molar-refractivity contribution in [2.75, 3.05) is 7.11 Å². The maximum absolute atomic E-state index is 12.8. The van der Waals surface area contributed by atoms with Crippen LogP contribution in [0.2, 0.25) is 0 Å². The molecule has 156 valence electrons. The van der Waals surface area contributed by atoms with Crippen molar-refractivity contribution in [2.24, 2.45) is 7.05 Å². The van der Waals surface area contributed by atoms with Crippen LogP contribution in [-0.2, 0) is 13.6 Å². The van der Waals surface area contributed by atoms with E-state index in [1.54, 1.807) is 23.3 Å². The Morgan fingerprint density at radius 3 is 2.45 bits per heavy atom. The average Bonchev–Trinajstić information content (AvgIpc) is 3.24. The standard InChI is InChI=1S/C23H21N5O3/c1-14-21(15-8-10-17(31-3)11-9-15)25-28-20(29)12-16(24-22(14)28)13-27-19-7-5-4-6-18(19)26(2)23(27)30/h4-12,25H,13H2,1-3H3. The number of aryl methyl sites for hydroxylation is 2. The average molecular weight is 415 g/mol. The Labute approximate surface area is 176 Å². The molecule has 0 atom stereocenters. The Morgan fingerprint density at radius 2 is 1.74 bits per heavy atom. The minimum Gasteiger partial charge on any atom is -0.497 e. The molecule has 0 fully saturated rings. The molecule has 0 aliphatic rings. The van der Waals surface area contributed by atoms with Gasteiger partial charge in [0, 0.05) is 24.2 Å². The van der Waals surface area contributed by atoms with Crippen LogP contribution in [0.1, 0.15) is 11.3 Å². The predicted octanol–water partition coefficient (Wildman–Crippen LogP) is 2.71. The smallest absolute Gasteiger partial charge is 0.329 e. The summed E-state index contributed by atoms with van der Waals surface area (Å²) in [6.07, 6.45) is 0. The van der Waals surface area contributed by atoms with Crippen LogP contribution in [-0.4, -0.2) is 30.8 Å². The van der Waals surface area contributed by atoms with E-state index in [0.717, 1.165) is 33.6 Å². The maximum atomic E-state index is 12.8. The molecule has 3 heterocycles. The van der Waals surface area contributed by atoms with Crippen LogP contribution in [0, 0.1) is 6.92 Å². The van der Waals surface area contributed by atoms with Crippen LogP contribution in [0.15, 0.2) is 64.2 Å². The van der Waals surface area contributed by atoms with Gasteiger partial charge in [-0.15, -0.1) is 0 Å². The molecule has 2 aromatic carbocycles. The van der Waals surface area contributed by atoms with Crippen LogP contribution in [0.4, 0.5) is 0 Å². The number of imidazole rings is 1. The summed E-state index contributed by atoms with van der Waals surface area (Å²) in [5.74, 6) is 0.760. The minimum atomic E-state index is -0.226. The molecule has 0 bridgehead atoms. The number of hydrogen-bond acceptors (Lipinski definition) is 4. The molecule has 0 saturated heterocycles. The van der Waals surface area contributed by atoms with Gasteiger partial charge in [0.05, 0.1) is 36.1 Å². The maximum Gasteiger partial charge on any atom is 0.329 e. The molecule has 8 heteroatoms. The second-order valence-corrected chi connectivity index (χ2v) is 7.50. The highest BCUT2D eigenvalue weighted by Crippen LogP contribution is 2.26. The van der Waals surface area contributed by atoms with Crippen molar-refractivity contribution in [3.8, 4) is 17.0 Å². The van der Waals surface area contributed by atoms with E-state index >= 15 is 0 Å². The summed E-state index contributed by atoms with van der Waals surface area (Å²) in [7, 11) is 3.36. The number of hydrogen-bond donors (Lipinski definition) is 1. The summed E-state index contributed by atoms with van der Waals surface area (Å²) in [6, 6.07) is 16.6. The van der Waals surface area contributed by atoms with E-state index in [4.69, 9.17) is 9.72 Å². The third-order valence-corrected chi connectivity index (χ3v) is 5.66. The number of aromatic amines is 1. The molecule has 0 radical (unpaired) electrons. The van der Waals surface area contributed by atoms with Crippen LogP contribution in [0.5, 0.6) is 5.75 Å². The fourth-order valence-corrected chi connectivity index (χ4v) is 3.99. The first-order chi connectivity index (χ1) is 15.0. The first-order valence-corrected chi connectivity index (χ1v) is 9.88. The Morgan fingerprint density at radius 1 is 1.03 bits per heavy atom. The molecule has 3 aromatic heterocycles. The van der Waals surface area contributed by atoms with Crippen molar-refractivity contribution in [2.45, 2.75) is 13.5 Å². The Kier molecular flexibility index (Phi) is 4.28. The lowest BCUT2D eigenvalue weighted by molar-refractivity contribution is 0.415. The highest BCUT2D eigenvalue weighted by atomic mass is 16.5. The molecule has 8 nitrogen and oxygen atoms in total. The van der Waals surface area contributed by atoms with Gasteiger partial charge in [0.2, 0.25) is 0 Å². The zero-order valence-electron chi connectivity index (χ0n) is 17.4. The number of rotatable bonds is 4. The molecule has 0 amide bonds. The number of aromatic nitrogens is 5. The lowest BCUT2D eigenvalue weighted by atomic mass is 10.1. The molecule has 0 aliphatic heterocycles. The van der Waals surface area contributed by atoms with E-state index in [1.165, 1.54) is 10.6 Å². The van der Waals surface area contributed by atoms with E-state index in [2.05, 4.69) is 5.10 Å². The molecule has 0 aliphatic carbocycles. The van der Waals surface area contributed by atoms with Gasteiger partial charge in [-0.05, 0) is 43.3 Å². The molecule has 31 heavy (non-hydrogen) atoms. The monoisotopic (exact) mass is 415 g/mol. The van der Waals surface area contributed by atoms with Gasteiger partial charge in [-0.2, -0.15) is 0 Å². The van der Waals surface area contributed by atoms with Gasteiger partial charge in [-0.25, -0.2) is 14.3 Å². The lowest BCUT2D eigenvalue weighted by Crippen LogP contribution is -2.24. The topological polar surface area (TPSA) is 86.3 Å². The fraction of sp³-hybridized carbons (Fsp3) is 0.174. The van der Waals surface area contributed by atoms with Crippen LogP contribution < -0.4 is 16.0 Å². The summed E-state index contributed by atoms with van der Waals surface area (Å²) in [5, 5.41) is 3.15. The summed E-state index contributed by atoms with van der Waals surface area (Å²) < 4.78 is 9.90. The molecule has 1 N–H and O–H groups in total. The van der Waals surface area contributed by atoms with E-state index < -0.39 is 0 Å². The Bertz CT molecular complexity index is 1550. The van der Waals surface area contributed by atoms with Crippen LogP contribution in [0.3, 0.4) is 0 Å². The van der Waals surface area contributed by atoms with Crippen molar-refractivity contribution in [1.82, 2.24) is 23.7 Å². The van der Waals surface area contributed by atoms with Gasteiger partial charge in [0.15, 0.2) is 5.65 Å². The number of nitrogens with one attached hydrogen (secondary N) is 1. The number of fused-ring (bicyclic) bond motifs is 2. The molecular weight excluding hydrogens is 394 g/mol. The summed E-state index contributed by atoms with van der Waals surface area (Å²) >= 11 is 0. The Balaban J connectivity index is 1.62. The highest BCUT2D eigenvalue weighted by molar-refractivity contribution is 5.76. The van der Waals surface area contributed by atoms with Crippen molar-refractivity contribution in [1.29, 1.82) is 0 Å². The van der Waals surface area contributed by atoms with Gasteiger partial charge >= 0.3 is 5.69 Å². The quantitative estimate of drug-likeness (QED) is 0.489. The van der Waals surface area contributed by atoms with Crippen molar-refractivity contribution in [3.63, 3.8) is 0 Å². The first kappa shape index (κ1) is 18.9. The molecule has 0 saturated carbocycles. The summed E-state index contributed by atoms with van der Waals surface area (Å²) in [4.78, 5) is 30.3. The van der Waals surface area contributed by atoms with Crippen molar-refractivity contribution < 1.29 is 4.74 Å². The van der Waals surface area contributed by atoms with Gasteiger partial charge in [-0.3, -0.25) is 19.0 Å². The SMILES string of the molecule is COc1ccc(-c2[nH]n3c(=O)cc(Cn4c(=O)n(C)c5ccccc54)nc3c2C)cc1. The predicted molar refractivity (Wildman–Crippen MR) is 119 cm³/mol. The first-order valence-electron chi connectivity index (χ1n) is 9.88. The fourth-order valence-electron chi connectivity index (χ4n) is 3.99. The highest BCUT2D eigenvalue weighted by Gasteiger charge is 2.16. The summed E-state index contributed by atoms with van der Waals surface area (Å²) in [5.41, 5.74) is 4.94. The molecule has 0 unspecified atom stereocenters. The largest absolute Gasteiger partial charge is 0.497 e. The van der Waals surface area contributed by atoms with E-state index in [9.17, 15) is 9.59 Å². The lowest BCUT2D eigenvalue weighted by Gasteiger charge is -2.04. The molecule has 5 aromatic rings. The third-order valence-electron chi connectivity index (χ3n) is 5.66. The number of ether oxygens (including phenoxy) is 1. The van der Waals surface area contributed by atoms with Gasteiger partial charge in [-0.1, -0.05) is 12.1 Å². The minimum absolute atomic E-state index is 0.145. The molecule has 0 spiro atoms. The number of para-hydroxylation sites is 2. The second-order valence-electron chi connectivity index (χ2n) is 7.50. The normalized spacial score (nSPS) is 11.5. The zero-order valence-corrected chi connectivity index (χ0v) is 17.4. The third kappa shape index (κ3) is 2.95. The van der Waals surface area contributed by atoms with Gasteiger partial charge in [0.1, 0.15) is 5.75 Å². The number of nitrogens with zero attached hydrogens (tertiary/aromatic N) is 4. The van der Waals surface area contributed by atoms with E-state index in [0.29, 0.717) is 11.3 Å². The van der Waals surface area contributed by atoms with E-state index in [-0.39, 0.29) is 17.8 Å². The van der Waals surface area contributed by atoms with Crippen LogP contribution >= 0.6 is 0 Å². The van der Waals surface area contributed by atoms with Gasteiger partial charge < -0.3 is 4.74 Å². The Hall–Kier alpha value is -4.07. The summed E-state index contributed by atoms with van der Waals surface area (Å²) in [6.45, 7) is 2.14. The zero-order chi connectivity index (χ0) is 21.7. The molecular formula is C23H21N5O3. The van der Waals surface area contributed by atoms with Crippen molar-refractivity contribution >= 4 is 16.7 Å². The van der Waals surface area contributed by atoms with Gasteiger partial charge in [0.25, 0.3) is 5.56 Å². The second kappa shape index (κ2) is 7.02. The number of benzene rings is 2.